The predicted molar refractivity (Wildman–Crippen MR) is 141 cm³/mol. The average molecular weight is 480 g/mol. The van der Waals surface area contributed by atoms with Gasteiger partial charge in [-0.05, 0) is 68.0 Å². The lowest BCUT2D eigenvalue weighted by molar-refractivity contribution is 0.171. The molecule has 2 aromatic carbocycles. The van der Waals surface area contributed by atoms with E-state index >= 15 is 0 Å². The summed E-state index contributed by atoms with van der Waals surface area (Å²) < 4.78 is 16.5. The Labute approximate surface area is 208 Å². The number of ether oxygens (including phenoxy) is 3. The molecule has 0 radical (unpaired) electrons. The van der Waals surface area contributed by atoms with Gasteiger partial charge in [0.05, 0.1) is 12.6 Å². The van der Waals surface area contributed by atoms with Crippen molar-refractivity contribution < 1.29 is 14.2 Å². The van der Waals surface area contributed by atoms with Gasteiger partial charge in [-0.25, -0.2) is 4.98 Å². The number of nitrogens with one attached hydrogen (secondary N) is 2. The van der Waals surface area contributed by atoms with E-state index in [0.717, 1.165) is 65.7 Å². The lowest BCUT2D eigenvalue weighted by atomic mass is 9.86. The number of hydrogen-bond acceptors (Lipinski definition) is 8. The molecule has 188 valence electrons. The van der Waals surface area contributed by atoms with E-state index < -0.39 is 0 Å². The Hall–Kier alpha value is -3.26. The Bertz CT molecular complexity index is 1150. The van der Waals surface area contributed by atoms with E-state index in [1.807, 2.05) is 49.3 Å². The van der Waals surface area contributed by atoms with Crippen LogP contribution < -0.4 is 29.7 Å². The van der Waals surface area contributed by atoms with Crippen LogP contribution in [0.15, 0.2) is 36.4 Å². The van der Waals surface area contributed by atoms with Gasteiger partial charge in [-0.1, -0.05) is 19.6 Å². The summed E-state index contributed by atoms with van der Waals surface area (Å²) in [7, 11) is 5.71. The van der Waals surface area contributed by atoms with Crippen LogP contribution in [0.3, 0.4) is 0 Å². The summed E-state index contributed by atoms with van der Waals surface area (Å²) in [6.07, 6.45) is 4.61. The number of aromatic nitrogens is 2. The summed E-state index contributed by atoms with van der Waals surface area (Å²) >= 11 is 0. The summed E-state index contributed by atoms with van der Waals surface area (Å²) in [5.74, 6) is 4.53. The minimum absolute atomic E-state index is 0. The van der Waals surface area contributed by atoms with Crippen LogP contribution in [0, 0.1) is 5.92 Å². The van der Waals surface area contributed by atoms with E-state index in [-0.39, 0.29) is 14.2 Å². The first-order valence-corrected chi connectivity index (χ1v) is 12.0. The molecular weight excluding hydrogens is 442 g/mol. The maximum absolute atomic E-state index is 5.53. The highest BCUT2D eigenvalue weighted by Crippen LogP contribution is 2.41. The fraction of sp³-hybridized carbons (Fsp3) is 0.481. The molecule has 0 saturated heterocycles. The second kappa shape index (κ2) is 11.0. The standard InChI is InChI=1S/C26H33N5O3.CH4/c1-31(2)25-20-6-4-5-7-21(20)29-26(30-25)28-19-10-8-17(9-11-19)14-27-15-18-12-22(32-3)24-23(13-18)33-16-34-24;/h4-7,12-13,17,19,27H,8-11,14-16H2,1-3H3,(H,28,29,30);1H4. The lowest BCUT2D eigenvalue weighted by Crippen LogP contribution is -2.31. The molecule has 2 N–H and O–H groups in total. The minimum Gasteiger partial charge on any atom is -0.493 e. The molecule has 2 aliphatic rings. The highest BCUT2D eigenvalue weighted by atomic mass is 16.7. The first-order valence-electron chi connectivity index (χ1n) is 12.0. The van der Waals surface area contributed by atoms with Gasteiger partial charge in [0.1, 0.15) is 5.82 Å². The Kier molecular flexibility index (Phi) is 7.80. The smallest absolute Gasteiger partial charge is 0.231 e. The topological polar surface area (TPSA) is 80.8 Å². The fourth-order valence-corrected chi connectivity index (χ4v) is 4.87. The molecule has 0 unspecified atom stereocenters. The van der Waals surface area contributed by atoms with E-state index in [1.165, 1.54) is 12.8 Å². The van der Waals surface area contributed by atoms with Crippen LogP contribution in [0.25, 0.3) is 10.9 Å². The van der Waals surface area contributed by atoms with Gasteiger partial charge in [-0.2, -0.15) is 4.98 Å². The largest absolute Gasteiger partial charge is 0.493 e. The number of rotatable bonds is 8. The number of hydrogen-bond donors (Lipinski definition) is 2. The van der Waals surface area contributed by atoms with Crippen molar-refractivity contribution in [3.8, 4) is 17.2 Å². The summed E-state index contributed by atoms with van der Waals surface area (Å²) in [6.45, 7) is 2.03. The number of para-hydroxylation sites is 1. The van der Waals surface area contributed by atoms with Gasteiger partial charge < -0.3 is 29.7 Å². The molecule has 1 aromatic heterocycles. The molecule has 35 heavy (non-hydrogen) atoms. The van der Waals surface area contributed by atoms with Gasteiger partial charge in [0.2, 0.25) is 18.5 Å². The highest BCUT2D eigenvalue weighted by molar-refractivity contribution is 5.90. The molecule has 5 rings (SSSR count). The van der Waals surface area contributed by atoms with E-state index in [1.54, 1.807) is 7.11 Å². The Morgan fingerprint density at radius 1 is 1.06 bits per heavy atom. The zero-order valence-electron chi connectivity index (χ0n) is 20.1. The first kappa shape index (κ1) is 24.9. The van der Waals surface area contributed by atoms with Crippen molar-refractivity contribution in [2.75, 3.05) is 44.8 Å². The van der Waals surface area contributed by atoms with Gasteiger partial charge in [-0.3, -0.25) is 0 Å². The molecule has 1 saturated carbocycles. The molecule has 1 fully saturated rings. The third kappa shape index (κ3) is 5.53. The molecule has 2 heterocycles. The predicted octanol–water partition coefficient (Wildman–Crippen LogP) is 4.83. The molecule has 0 amide bonds. The lowest BCUT2D eigenvalue weighted by Gasteiger charge is -2.29. The van der Waals surface area contributed by atoms with Gasteiger partial charge in [0.25, 0.3) is 0 Å². The molecule has 1 aliphatic carbocycles. The Morgan fingerprint density at radius 2 is 1.86 bits per heavy atom. The van der Waals surface area contributed by atoms with Crippen molar-refractivity contribution >= 4 is 22.7 Å². The summed E-state index contributed by atoms with van der Waals surface area (Å²) in [5, 5.41) is 8.29. The third-order valence-electron chi connectivity index (χ3n) is 6.67. The molecule has 8 heteroatoms. The SMILES string of the molecule is C.COc1cc(CNCC2CCC(Nc3nc(N(C)C)c4ccccc4n3)CC2)cc2c1OCO2. The second-order valence-electron chi connectivity index (χ2n) is 9.31. The number of nitrogens with zero attached hydrogens (tertiary/aromatic N) is 3. The summed E-state index contributed by atoms with van der Waals surface area (Å²) in [4.78, 5) is 11.6. The molecule has 0 atom stereocenters. The maximum atomic E-state index is 5.53. The minimum atomic E-state index is 0. The maximum Gasteiger partial charge on any atom is 0.231 e. The van der Waals surface area contributed by atoms with Crippen molar-refractivity contribution in [1.29, 1.82) is 0 Å². The van der Waals surface area contributed by atoms with Crippen LogP contribution in [0.1, 0.15) is 38.7 Å². The molecule has 0 spiro atoms. The average Bonchev–Trinajstić information content (AvgIpc) is 3.33. The van der Waals surface area contributed by atoms with Crippen LogP contribution in [0.4, 0.5) is 11.8 Å². The number of fused-ring (bicyclic) bond motifs is 2. The molecule has 8 nitrogen and oxygen atoms in total. The fourth-order valence-electron chi connectivity index (χ4n) is 4.87. The van der Waals surface area contributed by atoms with E-state index in [9.17, 15) is 0 Å². The van der Waals surface area contributed by atoms with E-state index in [4.69, 9.17) is 24.2 Å². The van der Waals surface area contributed by atoms with Crippen LogP contribution in [0.2, 0.25) is 0 Å². The van der Waals surface area contributed by atoms with E-state index in [2.05, 4.69) is 16.7 Å². The number of anilines is 2. The van der Waals surface area contributed by atoms with Gasteiger partial charge in [-0.15, -0.1) is 0 Å². The summed E-state index contributed by atoms with van der Waals surface area (Å²) in [5.41, 5.74) is 2.11. The van der Waals surface area contributed by atoms with Crippen LogP contribution in [-0.4, -0.2) is 50.6 Å². The van der Waals surface area contributed by atoms with Crippen molar-refractivity contribution in [3.05, 3.63) is 42.0 Å². The molecule has 0 bridgehead atoms. The number of methoxy groups -OCH3 is 1. The Balaban J connectivity index is 0.00000289. The van der Waals surface area contributed by atoms with Crippen LogP contribution in [-0.2, 0) is 6.54 Å². The summed E-state index contributed by atoms with van der Waals surface area (Å²) in [6, 6.07) is 12.6. The normalized spacial score (nSPS) is 18.7. The van der Waals surface area contributed by atoms with Crippen molar-refractivity contribution in [2.45, 2.75) is 45.7 Å². The molecule has 3 aromatic rings. The van der Waals surface area contributed by atoms with Crippen molar-refractivity contribution in [2.24, 2.45) is 5.92 Å². The first-order chi connectivity index (χ1) is 16.6. The third-order valence-corrected chi connectivity index (χ3v) is 6.67. The van der Waals surface area contributed by atoms with Gasteiger partial charge in [0.15, 0.2) is 11.5 Å². The quantitative estimate of drug-likeness (QED) is 0.476. The second-order valence-corrected chi connectivity index (χ2v) is 9.31. The zero-order chi connectivity index (χ0) is 23.5. The van der Waals surface area contributed by atoms with E-state index in [0.29, 0.717) is 17.7 Å². The Morgan fingerprint density at radius 3 is 2.63 bits per heavy atom. The molecule has 1 aliphatic heterocycles. The van der Waals surface area contributed by atoms with Crippen molar-refractivity contribution in [3.63, 3.8) is 0 Å². The van der Waals surface area contributed by atoms with Crippen LogP contribution in [0.5, 0.6) is 17.2 Å². The number of benzene rings is 2. The van der Waals surface area contributed by atoms with Gasteiger partial charge >= 0.3 is 0 Å². The van der Waals surface area contributed by atoms with Crippen molar-refractivity contribution in [1.82, 2.24) is 15.3 Å². The molecular formula is C27H37N5O3. The zero-order valence-corrected chi connectivity index (χ0v) is 20.1. The highest BCUT2D eigenvalue weighted by Gasteiger charge is 2.23. The van der Waals surface area contributed by atoms with Crippen LogP contribution >= 0.6 is 0 Å². The monoisotopic (exact) mass is 479 g/mol. The van der Waals surface area contributed by atoms with Gasteiger partial charge in [0, 0.05) is 32.1 Å².